The summed E-state index contributed by atoms with van der Waals surface area (Å²) in [6, 6.07) is 6.31. The number of nitrogens with zero attached hydrogens (tertiary/aromatic N) is 1. The van der Waals surface area contributed by atoms with Gasteiger partial charge in [-0.2, -0.15) is 0 Å². The highest BCUT2D eigenvalue weighted by Crippen LogP contribution is 2.29. The van der Waals surface area contributed by atoms with Crippen molar-refractivity contribution in [3.05, 3.63) is 35.6 Å². The summed E-state index contributed by atoms with van der Waals surface area (Å²) in [5, 5.41) is 10.1. The molecule has 1 heterocycles. The average molecular weight is 297 g/mol. The molecule has 5 heteroatoms. The van der Waals surface area contributed by atoms with Crippen LogP contribution >= 0.6 is 11.8 Å². The zero-order chi connectivity index (χ0) is 14.8. The first kappa shape index (κ1) is 15.3. The predicted molar refractivity (Wildman–Crippen MR) is 78.9 cm³/mol. The van der Waals surface area contributed by atoms with E-state index in [1.54, 1.807) is 17.0 Å². The monoisotopic (exact) mass is 297 g/mol. The number of rotatable bonds is 5. The second-order valence-electron chi connectivity index (χ2n) is 5.63. The Morgan fingerprint density at radius 3 is 2.55 bits per heavy atom. The van der Waals surface area contributed by atoms with Gasteiger partial charge in [0.25, 0.3) is 0 Å². The summed E-state index contributed by atoms with van der Waals surface area (Å²) in [5.41, 5.74) is 0.295. The number of hydrogen-bond donors (Lipinski definition) is 1. The van der Waals surface area contributed by atoms with Crippen molar-refractivity contribution < 1.29 is 14.3 Å². The lowest BCUT2D eigenvalue weighted by atomic mass is 9.83. The van der Waals surface area contributed by atoms with E-state index in [0.717, 1.165) is 5.56 Å². The molecule has 1 saturated heterocycles. The number of β-amino-alcohol motifs (C(OH)–C–C–N with tert-alkyl or cyclic N) is 1. The maximum absolute atomic E-state index is 12.7. The Balaban J connectivity index is 1.70. The van der Waals surface area contributed by atoms with E-state index in [-0.39, 0.29) is 17.6 Å². The van der Waals surface area contributed by atoms with Crippen LogP contribution in [-0.2, 0) is 10.5 Å². The topological polar surface area (TPSA) is 40.5 Å². The highest BCUT2D eigenvalue weighted by molar-refractivity contribution is 7.99. The highest BCUT2D eigenvalue weighted by atomic mass is 32.2. The van der Waals surface area contributed by atoms with Crippen molar-refractivity contribution in [3.8, 4) is 0 Å². The number of halogens is 1. The van der Waals surface area contributed by atoms with Gasteiger partial charge in [0.05, 0.1) is 18.8 Å². The fourth-order valence-corrected chi connectivity index (χ4v) is 2.97. The Morgan fingerprint density at radius 2 is 2.00 bits per heavy atom. The van der Waals surface area contributed by atoms with Crippen LogP contribution in [0, 0.1) is 11.7 Å². The van der Waals surface area contributed by atoms with Gasteiger partial charge in [-0.15, -0.1) is 11.8 Å². The molecular formula is C15H20FNO2S. The molecule has 1 aromatic rings. The van der Waals surface area contributed by atoms with Crippen molar-refractivity contribution in [3.63, 3.8) is 0 Å². The zero-order valence-corrected chi connectivity index (χ0v) is 12.6. The summed E-state index contributed by atoms with van der Waals surface area (Å²) >= 11 is 1.51. The van der Waals surface area contributed by atoms with Crippen molar-refractivity contribution in [2.24, 2.45) is 5.92 Å². The molecule has 2 rings (SSSR count). The van der Waals surface area contributed by atoms with Gasteiger partial charge in [0.2, 0.25) is 5.91 Å². The van der Waals surface area contributed by atoms with Gasteiger partial charge in [-0.1, -0.05) is 26.0 Å². The molecular weight excluding hydrogens is 277 g/mol. The summed E-state index contributed by atoms with van der Waals surface area (Å²) in [4.78, 5) is 13.6. The lowest BCUT2D eigenvalue weighted by Gasteiger charge is -2.49. The second kappa shape index (κ2) is 6.14. The number of aliphatic hydroxyl groups is 1. The van der Waals surface area contributed by atoms with E-state index in [2.05, 4.69) is 0 Å². The van der Waals surface area contributed by atoms with Crippen LogP contribution in [0.2, 0.25) is 0 Å². The van der Waals surface area contributed by atoms with E-state index < -0.39 is 5.60 Å². The molecule has 110 valence electrons. The first-order chi connectivity index (χ1) is 9.40. The largest absolute Gasteiger partial charge is 0.386 e. The molecule has 20 heavy (non-hydrogen) atoms. The summed E-state index contributed by atoms with van der Waals surface area (Å²) in [6.07, 6.45) is 0. The molecule has 0 spiro atoms. The molecule has 0 radical (unpaired) electrons. The molecule has 1 aliphatic rings. The molecule has 1 aromatic carbocycles. The first-order valence-corrected chi connectivity index (χ1v) is 7.88. The highest BCUT2D eigenvalue weighted by Gasteiger charge is 2.45. The fourth-order valence-electron chi connectivity index (χ4n) is 2.08. The molecule has 1 aliphatic heterocycles. The summed E-state index contributed by atoms with van der Waals surface area (Å²) in [6.45, 7) is 4.79. The van der Waals surface area contributed by atoms with Crippen LogP contribution in [0.3, 0.4) is 0 Å². The normalized spacial score (nSPS) is 17.1. The molecule has 0 aliphatic carbocycles. The van der Waals surface area contributed by atoms with Gasteiger partial charge in [-0.25, -0.2) is 4.39 Å². The van der Waals surface area contributed by atoms with Crippen molar-refractivity contribution in [1.82, 2.24) is 4.90 Å². The van der Waals surface area contributed by atoms with Crippen molar-refractivity contribution in [2.45, 2.75) is 25.2 Å². The van der Waals surface area contributed by atoms with E-state index in [4.69, 9.17) is 0 Å². The van der Waals surface area contributed by atoms with Crippen LogP contribution < -0.4 is 0 Å². The summed E-state index contributed by atoms with van der Waals surface area (Å²) < 4.78 is 12.7. The first-order valence-electron chi connectivity index (χ1n) is 6.73. The molecule has 0 unspecified atom stereocenters. The zero-order valence-electron chi connectivity index (χ0n) is 11.8. The van der Waals surface area contributed by atoms with Crippen LogP contribution in [0.4, 0.5) is 4.39 Å². The number of carbonyl (C=O) groups is 1. The van der Waals surface area contributed by atoms with E-state index in [1.807, 2.05) is 13.8 Å². The number of amides is 1. The predicted octanol–water partition coefficient (Wildman–Crippen LogP) is 2.29. The Labute approximate surface area is 123 Å². The van der Waals surface area contributed by atoms with Crippen LogP contribution in [0.15, 0.2) is 24.3 Å². The summed E-state index contributed by atoms with van der Waals surface area (Å²) in [5.74, 6) is 1.06. The summed E-state index contributed by atoms with van der Waals surface area (Å²) in [7, 11) is 0. The second-order valence-corrected chi connectivity index (χ2v) is 6.61. The maximum Gasteiger partial charge on any atom is 0.232 e. The van der Waals surface area contributed by atoms with E-state index in [9.17, 15) is 14.3 Å². The van der Waals surface area contributed by atoms with Gasteiger partial charge in [0.15, 0.2) is 0 Å². The Bertz CT molecular complexity index is 469. The number of benzene rings is 1. The fraction of sp³-hybridized carbons (Fsp3) is 0.533. The van der Waals surface area contributed by atoms with Gasteiger partial charge < -0.3 is 10.0 Å². The third kappa shape index (κ3) is 3.52. The molecule has 3 nitrogen and oxygen atoms in total. The van der Waals surface area contributed by atoms with Crippen LogP contribution in [-0.4, -0.2) is 40.4 Å². The number of carbonyl (C=O) groups excluding carboxylic acids is 1. The Hall–Kier alpha value is -1.07. The van der Waals surface area contributed by atoms with E-state index in [1.165, 1.54) is 23.9 Å². The molecule has 1 N–H and O–H groups in total. The molecule has 1 fully saturated rings. The Kier molecular flexibility index (Phi) is 4.70. The van der Waals surface area contributed by atoms with E-state index in [0.29, 0.717) is 24.6 Å². The van der Waals surface area contributed by atoms with Gasteiger partial charge >= 0.3 is 0 Å². The lowest BCUT2D eigenvalue weighted by Crippen LogP contribution is -2.66. The van der Waals surface area contributed by atoms with Crippen molar-refractivity contribution in [1.29, 1.82) is 0 Å². The van der Waals surface area contributed by atoms with Crippen LogP contribution in [0.5, 0.6) is 0 Å². The standard InChI is InChI=1S/C15H20FNO2S/c1-11(2)15(19)9-17(10-15)14(18)8-20-7-12-3-5-13(16)6-4-12/h3-6,11,19H,7-10H2,1-2H3. The van der Waals surface area contributed by atoms with Crippen LogP contribution in [0.25, 0.3) is 0 Å². The molecule has 0 atom stereocenters. The maximum atomic E-state index is 12.7. The number of likely N-dealkylation sites (tertiary alicyclic amines) is 1. The van der Waals surface area contributed by atoms with Gasteiger partial charge in [-0.05, 0) is 23.6 Å². The SMILES string of the molecule is CC(C)C1(O)CN(C(=O)CSCc2ccc(F)cc2)C1. The molecule has 0 bridgehead atoms. The van der Waals surface area contributed by atoms with Gasteiger partial charge in [-0.3, -0.25) is 4.79 Å². The molecule has 0 saturated carbocycles. The minimum atomic E-state index is -0.711. The van der Waals surface area contributed by atoms with E-state index >= 15 is 0 Å². The quantitative estimate of drug-likeness (QED) is 0.906. The average Bonchev–Trinajstić information content (AvgIpc) is 2.37. The van der Waals surface area contributed by atoms with Crippen LogP contribution in [0.1, 0.15) is 19.4 Å². The lowest BCUT2D eigenvalue weighted by molar-refractivity contribution is -0.161. The van der Waals surface area contributed by atoms with Crippen molar-refractivity contribution >= 4 is 17.7 Å². The minimum Gasteiger partial charge on any atom is -0.386 e. The number of thioether (sulfide) groups is 1. The number of hydrogen-bond acceptors (Lipinski definition) is 3. The smallest absolute Gasteiger partial charge is 0.232 e. The molecule has 1 amide bonds. The third-order valence-corrected chi connectivity index (χ3v) is 4.75. The Morgan fingerprint density at radius 1 is 1.40 bits per heavy atom. The van der Waals surface area contributed by atoms with Gasteiger partial charge in [0.1, 0.15) is 11.4 Å². The third-order valence-electron chi connectivity index (χ3n) is 3.76. The molecule has 0 aromatic heterocycles. The van der Waals surface area contributed by atoms with Crippen molar-refractivity contribution in [2.75, 3.05) is 18.8 Å². The minimum absolute atomic E-state index is 0.0578. The van der Waals surface area contributed by atoms with Gasteiger partial charge in [0, 0.05) is 5.75 Å².